The minimum Gasteiger partial charge on any atom is -0.444 e. The lowest BCUT2D eigenvalue weighted by Gasteiger charge is -2.36. The van der Waals surface area contributed by atoms with Gasteiger partial charge in [0.25, 0.3) is 0 Å². The molecule has 3 amide bonds. The third-order valence-electron chi connectivity index (χ3n) is 3.97. The van der Waals surface area contributed by atoms with Crippen LogP contribution in [0, 0.1) is 5.92 Å². The fourth-order valence-electron chi connectivity index (χ4n) is 3.08. The third kappa shape index (κ3) is 5.75. The molecule has 0 spiro atoms. The second-order valence-corrected chi connectivity index (χ2v) is 8.94. The minimum atomic E-state index is -1.22. The molecular formula is C19H33N3O4. The molecule has 0 aromatic heterocycles. The SMILES string of the molecule is C=CCC1CN(C(=O)OC(C)(C)C)C[C@@]1(NC(C)=O)C(=O)NC(C)(C)C. The highest BCUT2D eigenvalue weighted by molar-refractivity contribution is 5.93. The highest BCUT2D eigenvalue weighted by Crippen LogP contribution is 2.33. The lowest BCUT2D eigenvalue weighted by molar-refractivity contribution is -0.135. The van der Waals surface area contributed by atoms with Gasteiger partial charge < -0.3 is 20.3 Å². The highest BCUT2D eigenvalue weighted by Gasteiger charge is 2.54. The zero-order valence-electron chi connectivity index (χ0n) is 17.1. The maximum atomic E-state index is 13.1. The Morgan fingerprint density at radius 2 is 1.81 bits per heavy atom. The van der Waals surface area contributed by atoms with Crippen molar-refractivity contribution < 1.29 is 19.1 Å². The van der Waals surface area contributed by atoms with Crippen molar-refractivity contribution in [2.75, 3.05) is 13.1 Å². The maximum absolute atomic E-state index is 13.1. The molecule has 1 heterocycles. The molecule has 2 atom stereocenters. The molecule has 1 aliphatic heterocycles. The van der Waals surface area contributed by atoms with Gasteiger partial charge in [-0.2, -0.15) is 0 Å². The van der Waals surface area contributed by atoms with Gasteiger partial charge in [0, 0.05) is 24.9 Å². The minimum absolute atomic E-state index is 0.0575. The first-order valence-corrected chi connectivity index (χ1v) is 8.90. The van der Waals surface area contributed by atoms with Crippen molar-refractivity contribution >= 4 is 17.9 Å². The molecule has 1 rings (SSSR count). The predicted octanol–water partition coefficient (Wildman–Crippen LogP) is 2.22. The summed E-state index contributed by atoms with van der Waals surface area (Å²) in [6.45, 7) is 16.5. The van der Waals surface area contributed by atoms with Crippen molar-refractivity contribution in [1.29, 1.82) is 0 Å². The topological polar surface area (TPSA) is 87.7 Å². The number of carbonyl (C=O) groups is 3. The van der Waals surface area contributed by atoms with Gasteiger partial charge in [0.05, 0.1) is 6.54 Å². The van der Waals surface area contributed by atoms with Gasteiger partial charge in [-0.3, -0.25) is 9.59 Å². The van der Waals surface area contributed by atoms with Crippen LogP contribution in [-0.2, 0) is 14.3 Å². The molecule has 1 saturated heterocycles. The van der Waals surface area contributed by atoms with Crippen molar-refractivity contribution in [2.45, 2.75) is 71.6 Å². The monoisotopic (exact) mass is 367 g/mol. The largest absolute Gasteiger partial charge is 0.444 e. The number of nitrogens with zero attached hydrogens (tertiary/aromatic N) is 1. The van der Waals surface area contributed by atoms with E-state index in [-0.39, 0.29) is 24.3 Å². The summed E-state index contributed by atoms with van der Waals surface area (Å²) in [4.78, 5) is 39.0. The Balaban J connectivity index is 3.22. The molecule has 26 heavy (non-hydrogen) atoms. The quantitative estimate of drug-likeness (QED) is 0.746. The van der Waals surface area contributed by atoms with Gasteiger partial charge in [0.2, 0.25) is 11.8 Å². The number of carbonyl (C=O) groups excluding carboxylic acids is 3. The summed E-state index contributed by atoms with van der Waals surface area (Å²) < 4.78 is 5.44. The smallest absolute Gasteiger partial charge is 0.410 e. The second kappa shape index (κ2) is 7.68. The van der Waals surface area contributed by atoms with Crippen LogP contribution in [0.2, 0.25) is 0 Å². The van der Waals surface area contributed by atoms with Crippen molar-refractivity contribution in [1.82, 2.24) is 15.5 Å². The summed E-state index contributed by atoms with van der Waals surface area (Å²) in [7, 11) is 0. The predicted molar refractivity (Wildman–Crippen MR) is 101 cm³/mol. The Kier molecular flexibility index (Phi) is 6.49. The second-order valence-electron chi connectivity index (χ2n) is 8.94. The number of ether oxygens (including phenoxy) is 1. The molecule has 0 aromatic carbocycles. The number of likely N-dealkylation sites (tertiary alicyclic amines) is 1. The normalized spacial score (nSPS) is 23.3. The summed E-state index contributed by atoms with van der Waals surface area (Å²) in [5, 5.41) is 5.75. The Morgan fingerprint density at radius 3 is 2.23 bits per heavy atom. The summed E-state index contributed by atoms with van der Waals surface area (Å²) in [6.07, 6.45) is 1.68. The molecule has 1 aliphatic rings. The van der Waals surface area contributed by atoms with Crippen LogP contribution in [0.1, 0.15) is 54.9 Å². The van der Waals surface area contributed by atoms with Crippen molar-refractivity contribution in [3.63, 3.8) is 0 Å². The molecule has 7 nitrogen and oxygen atoms in total. The lowest BCUT2D eigenvalue weighted by Crippen LogP contribution is -2.65. The first-order valence-electron chi connectivity index (χ1n) is 8.90. The van der Waals surface area contributed by atoms with E-state index in [1.165, 1.54) is 11.8 Å². The van der Waals surface area contributed by atoms with Crippen LogP contribution in [0.15, 0.2) is 12.7 Å². The van der Waals surface area contributed by atoms with Gasteiger partial charge in [0.1, 0.15) is 11.1 Å². The first kappa shape index (κ1) is 22.0. The van der Waals surface area contributed by atoms with Gasteiger partial charge in [-0.05, 0) is 48.0 Å². The Bertz CT molecular complexity index is 574. The van der Waals surface area contributed by atoms with Crippen molar-refractivity contribution in [3.05, 3.63) is 12.7 Å². The highest BCUT2D eigenvalue weighted by atomic mass is 16.6. The van der Waals surface area contributed by atoms with Crippen LogP contribution >= 0.6 is 0 Å². The van der Waals surface area contributed by atoms with Crippen molar-refractivity contribution in [2.24, 2.45) is 5.92 Å². The molecule has 0 saturated carbocycles. The first-order chi connectivity index (χ1) is 11.7. The van der Waals surface area contributed by atoms with Gasteiger partial charge in [-0.25, -0.2) is 4.79 Å². The zero-order chi connectivity index (χ0) is 20.3. The lowest BCUT2D eigenvalue weighted by atomic mass is 9.83. The molecule has 0 aliphatic carbocycles. The zero-order valence-corrected chi connectivity index (χ0v) is 17.1. The van der Waals surface area contributed by atoms with E-state index in [1.54, 1.807) is 26.8 Å². The summed E-state index contributed by atoms with van der Waals surface area (Å²) >= 11 is 0. The fraction of sp³-hybridized carbons (Fsp3) is 0.737. The number of allylic oxidation sites excluding steroid dienone is 1. The van der Waals surface area contributed by atoms with Crippen LogP contribution in [0.25, 0.3) is 0 Å². The van der Waals surface area contributed by atoms with E-state index < -0.39 is 22.8 Å². The Morgan fingerprint density at radius 1 is 1.23 bits per heavy atom. The molecule has 148 valence electrons. The van der Waals surface area contributed by atoms with Crippen molar-refractivity contribution in [3.8, 4) is 0 Å². The number of hydrogen-bond acceptors (Lipinski definition) is 4. The van der Waals surface area contributed by atoms with E-state index in [2.05, 4.69) is 17.2 Å². The van der Waals surface area contributed by atoms with Crippen LogP contribution in [0.3, 0.4) is 0 Å². The molecule has 2 N–H and O–H groups in total. The van der Waals surface area contributed by atoms with E-state index in [0.717, 1.165) is 0 Å². The molecule has 0 aromatic rings. The number of rotatable bonds is 4. The molecule has 7 heteroatoms. The van der Waals surface area contributed by atoms with Crippen LogP contribution < -0.4 is 10.6 Å². The van der Waals surface area contributed by atoms with Gasteiger partial charge in [-0.15, -0.1) is 6.58 Å². The average Bonchev–Trinajstić information content (AvgIpc) is 2.75. The molecule has 0 radical (unpaired) electrons. The third-order valence-corrected chi connectivity index (χ3v) is 3.97. The number of amides is 3. The molecule has 1 fully saturated rings. The summed E-state index contributed by atoms with van der Waals surface area (Å²) in [6, 6.07) is 0. The van der Waals surface area contributed by atoms with Crippen LogP contribution in [-0.4, -0.2) is 52.6 Å². The summed E-state index contributed by atoms with van der Waals surface area (Å²) in [5.74, 6) is -0.925. The van der Waals surface area contributed by atoms with E-state index in [1.807, 2.05) is 20.8 Å². The van der Waals surface area contributed by atoms with Gasteiger partial charge >= 0.3 is 6.09 Å². The van der Waals surface area contributed by atoms with E-state index in [0.29, 0.717) is 13.0 Å². The Hall–Kier alpha value is -2.05. The van der Waals surface area contributed by atoms with Crippen LogP contribution in [0.5, 0.6) is 0 Å². The average molecular weight is 367 g/mol. The van der Waals surface area contributed by atoms with E-state index in [9.17, 15) is 14.4 Å². The molecular weight excluding hydrogens is 334 g/mol. The van der Waals surface area contributed by atoms with Crippen LogP contribution in [0.4, 0.5) is 4.79 Å². The van der Waals surface area contributed by atoms with Gasteiger partial charge in [-0.1, -0.05) is 6.08 Å². The summed E-state index contributed by atoms with van der Waals surface area (Å²) in [5.41, 5.74) is -2.33. The maximum Gasteiger partial charge on any atom is 0.410 e. The standard InChI is InChI=1S/C19H33N3O4/c1-9-10-14-11-22(16(25)26-18(6,7)8)12-19(14,20-13(2)23)15(24)21-17(3,4)5/h9,14H,1,10-12H2,2-8H3,(H,20,23)(H,21,24)/t14?,19-/m0/s1. The van der Waals surface area contributed by atoms with E-state index in [4.69, 9.17) is 4.74 Å². The molecule has 1 unspecified atom stereocenters. The fourth-order valence-corrected chi connectivity index (χ4v) is 3.08. The van der Waals surface area contributed by atoms with E-state index >= 15 is 0 Å². The van der Waals surface area contributed by atoms with Gasteiger partial charge in [0.15, 0.2) is 0 Å². The number of nitrogens with one attached hydrogen (secondary N) is 2. The Labute approximate surface area is 156 Å². The molecule has 0 bridgehead atoms. The number of hydrogen-bond donors (Lipinski definition) is 2.